The van der Waals surface area contributed by atoms with Gasteiger partial charge in [0.1, 0.15) is 6.20 Å². The van der Waals surface area contributed by atoms with Crippen LogP contribution >= 0.6 is 0 Å². The van der Waals surface area contributed by atoms with Crippen LogP contribution in [-0.2, 0) is 6.42 Å². The molecule has 0 aliphatic heterocycles. The summed E-state index contributed by atoms with van der Waals surface area (Å²) in [5.74, 6) is -0.0327. The van der Waals surface area contributed by atoms with Gasteiger partial charge in [-0.2, -0.15) is 10.2 Å². The average molecular weight is 270 g/mol. The summed E-state index contributed by atoms with van der Waals surface area (Å²) in [6.07, 6.45) is 1.36. The minimum Gasteiger partial charge on any atom is -0.368 e. The highest BCUT2D eigenvalue weighted by Crippen LogP contribution is 2.25. The first-order chi connectivity index (χ1) is 9.60. The first-order valence-electron chi connectivity index (χ1n) is 5.60. The third-order valence-electron chi connectivity index (χ3n) is 2.48. The number of nitro groups is 1. The molecule has 1 aromatic carbocycles. The number of rotatable bonds is 4. The summed E-state index contributed by atoms with van der Waals surface area (Å²) in [5, 5.41) is 22.3. The summed E-state index contributed by atoms with van der Waals surface area (Å²) < 4.78 is 0. The van der Waals surface area contributed by atoms with Gasteiger partial charge in [-0.25, -0.2) is 4.98 Å². The largest absolute Gasteiger partial charge is 0.368 e. The minimum atomic E-state index is -0.591. The van der Waals surface area contributed by atoms with Gasteiger partial charge in [-0.15, -0.1) is 0 Å². The van der Waals surface area contributed by atoms with Gasteiger partial charge in [-0.05, 0) is 17.7 Å². The van der Waals surface area contributed by atoms with Gasteiger partial charge >= 0.3 is 5.69 Å². The number of nitrogens with zero attached hydrogens (tertiary/aromatic N) is 4. The lowest BCUT2D eigenvalue weighted by Gasteiger charge is -2.06. The number of aromatic nitrogens is 2. The van der Waals surface area contributed by atoms with Crippen LogP contribution in [0.1, 0.15) is 5.56 Å². The molecule has 1 aromatic heterocycles. The lowest BCUT2D eigenvalue weighted by atomic mass is 10.1. The topological polar surface area (TPSA) is 131 Å². The van der Waals surface area contributed by atoms with Gasteiger partial charge in [-0.1, -0.05) is 12.1 Å². The number of nitrogens with one attached hydrogen (secondary N) is 1. The first kappa shape index (κ1) is 13.2. The number of nitriles is 1. The van der Waals surface area contributed by atoms with E-state index in [9.17, 15) is 10.1 Å². The fourth-order valence-corrected chi connectivity index (χ4v) is 1.55. The quantitative estimate of drug-likeness (QED) is 0.639. The van der Waals surface area contributed by atoms with Crippen LogP contribution in [0.2, 0.25) is 0 Å². The van der Waals surface area contributed by atoms with Crippen molar-refractivity contribution >= 4 is 23.1 Å². The molecule has 0 aliphatic carbocycles. The molecule has 0 atom stereocenters. The van der Waals surface area contributed by atoms with Crippen LogP contribution in [0.3, 0.4) is 0 Å². The van der Waals surface area contributed by atoms with Crippen LogP contribution in [0.25, 0.3) is 0 Å². The monoisotopic (exact) mass is 270 g/mol. The molecule has 0 radical (unpaired) electrons. The Bertz CT molecular complexity index is 677. The van der Waals surface area contributed by atoms with Crippen LogP contribution in [0.5, 0.6) is 0 Å². The molecule has 0 saturated carbocycles. The maximum absolute atomic E-state index is 10.9. The van der Waals surface area contributed by atoms with Crippen molar-refractivity contribution < 1.29 is 4.92 Å². The maximum Gasteiger partial charge on any atom is 0.329 e. The molecule has 20 heavy (non-hydrogen) atoms. The predicted octanol–water partition coefficient (Wildman–Crippen LogP) is 1.78. The number of hydrogen-bond acceptors (Lipinski definition) is 7. The highest BCUT2D eigenvalue weighted by Gasteiger charge is 2.16. The molecule has 0 spiro atoms. The van der Waals surface area contributed by atoms with Crippen molar-refractivity contribution in [3.8, 4) is 6.07 Å². The smallest absolute Gasteiger partial charge is 0.329 e. The van der Waals surface area contributed by atoms with Crippen LogP contribution in [0, 0.1) is 21.4 Å². The van der Waals surface area contributed by atoms with Crippen LogP contribution < -0.4 is 11.1 Å². The van der Waals surface area contributed by atoms with Crippen molar-refractivity contribution in [3.05, 3.63) is 46.1 Å². The number of benzene rings is 1. The van der Waals surface area contributed by atoms with Gasteiger partial charge in [-0.3, -0.25) is 10.1 Å². The van der Waals surface area contributed by atoms with Crippen LogP contribution in [0.4, 0.5) is 23.1 Å². The summed E-state index contributed by atoms with van der Waals surface area (Å²) in [6, 6.07) is 8.95. The molecule has 0 bridgehead atoms. The summed E-state index contributed by atoms with van der Waals surface area (Å²) in [4.78, 5) is 17.7. The molecular formula is C12H10N6O2. The van der Waals surface area contributed by atoms with Crippen molar-refractivity contribution in [2.24, 2.45) is 0 Å². The molecule has 8 heteroatoms. The zero-order valence-corrected chi connectivity index (χ0v) is 10.3. The summed E-state index contributed by atoms with van der Waals surface area (Å²) >= 11 is 0. The van der Waals surface area contributed by atoms with Crippen molar-refractivity contribution in [3.63, 3.8) is 0 Å². The van der Waals surface area contributed by atoms with Gasteiger partial charge < -0.3 is 11.1 Å². The van der Waals surface area contributed by atoms with E-state index in [1.807, 2.05) is 6.07 Å². The Labute approximate surface area is 114 Å². The van der Waals surface area contributed by atoms with E-state index in [0.717, 1.165) is 11.8 Å². The van der Waals surface area contributed by atoms with Crippen molar-refractivity contribution in [1.29, 1.82) is 5.26 Å². The highest BCUT2D eigenvalue weighted by molar-refractivity contribution is 5.65. The number of nitrogen functional groups attached to an aromatic ring is 1. The molecule has 8 nitrogen and oxygen atoms in total. The average Bonchev–Trinajstić information content (AvgIpc) is 2.41. The number of nitrogens with two attached hydrogens (primary N) is 1. The molecule has 2 aromatic rings. The van der Waals surface area contributed by atoms with E-state index in [4.69, 9.17) is 11.0 Å². The molecule has 3 N–H and O–H groups in total. The fraction of sp³-hybridized carbons (Fsp3) is 0.0833. The van der Waals surface area contributed by atoms with E-state index >= 15 is 0 Å². The number of anilines is 3. The second kappa shape index (κ2) is 5.62. The third kappa shape index (κ3) is 2.97. The first-order valence-corrected chi connectivity index (χ1v) is 5.60. The second-order valence-electron chi connectivity index (χ2n) is 3.88. The summed E-state index contributed by atoms with van der Waals surface area (Å²) in [5.41, 5.74) is 6.62. The second-order valence-corrected chi connectivity index (χ2v) is 3.88. The Morgan fingerprint density at radius 1 is 1.40 bits per heavy atom. The van der Waals surface area contributed by atoms with Gasteiger partial charge in [0.25, 0.3) is 0 Å². The molecule has 0 fully saturated rings. The van der Waals surface area contributed by atoms with Gasteiger partial charge in [0.2, 0.25) is 11.8 Å². The molecule has 0 saturated heterocycles. The summed E-state index contributed by atoms with van der Waals surface area (Å²) in [6.45, 7) is 0. The molecule has 0 amide bonds. The SMILES string of the molecule is N#CCc1ccc(Nc2nc(N)ncc2[N+](=O)[O-])cc1. The van der Waals surface area contributed by atoms with Crippen LogP contribution in [0.15, 0.2) is 30.5 Å². The van der Waals surface area contributed by atoms with E-state index in [1.54, 1.807) is 24.3 Å². The van der Waals surface area contributed by atoms with Crippen molar-refractivity contribution in [2.75, 3.05) is 11.1 Å². The lowest BCUT2D eigenvalue weighted by Crippen LogP contribution is -2.04. The van der Waals surface area contributed by atoms with Crippen molar-refractivity contribution in [1.82, 2.24) is 9.97 Å². The Morgan fingerprint density at radius 2 is 2.10 bits per heavy atom. The molecule has 100 valence electrons. The molecule has 2 rings (SSSR count). The lowest BCUT2D eigenvalue weighted by molar-refractivity contribution is -0.384. The van der Waals surface area contributed by atoms with E-state index in [1.165, 1.54) is 0 Å². The van der Waals surface area contributed by atoms with E-state index in [-0.39, 0.29) is 17.5 Å². The van der Waals surface area contributed by atoms with Gasteiger partial charge in [0, 0.05) is 5.69 Å². The fourth-order valence-electron chi connectivity index (χ4n) is 1.55. The molecule has 1 heterocycles. The minimum absolute atomic E-state index is 0.0236. The maximum atomic E-state index is 10.9. The van der Waals surface area contributed by atoms with E-state index < -0.39 is 4.92 Å². The zero-order chi connectivity index (χ0) is 14.5. The predicted molar refractivity (Wildman–Crippen MR) is 72.1 cm³/mol. The number of hydrogen-bond donors (Lipinski definition) is 2. The normalized spacial score (nSPS) is 9.75. The van der Waals surface area contributed by atoms with E-state index in [0.29, 0.717) is 12.1 Å². The summed E-state index contributed by atoms with van der Waals surface area (Å²) in [7, 11) is 0. The molecular weight excluding hydrogens is 260 g/mol. The van der Waals surface area contributed by atoms with Gasteiger partial charge in [0.05, 0.1) is 17.4 Å². The van der Waals surface area contributed by atoms with Crippen LogP contribution in [-0.4, -0.2) is 14.9 Å². The zero-order valence-electron chi connectivity index (χ0n) is 10.3. The van der Waals surface area contributed by atoms with Gasteiger partial charge in [0.15, 0.2) is 0 Å². The molecule has 0 aliphatic rings. The Morgan fingerprint density at radius 3 is 2.70 bits per heavy atom. The Balaban J connectivity index is 2.27. The van der Waals surface area contributed by atoms with Crippen molar-refractivity contribution in [2.45, 2.75) is 6.42 Å². The molecule has 0 unspecified atom stereocenters. The standard InChI is InChI=1S/C12H10N6O2/c13-6-5-8-1-3-9(4-2-8)16-11-10(18(19)20)7-15-12(14)17-11/h1-4,7H,5H2,(H3,14,15,16,17). The third-order valence-corrected chi connectivity index (χ3v) is 2.48. The Kier molecular flexibility index (Phi) is 3.72. The highest BCUT2D eigenvalue weighted by atomic mass is 16.6. The van der Waals surface area contributed by atoms with E-state index in [2.05, 4.69) is 15.3 Å². The Hall–Kier alpha value is -3.21.